The molecule has 3 aromatic rings. The summed E-state index contributed by atoms with van der Waals surface area (Å²) in [5.41, 5.74) is 4.37. The van der Waals surface area contributed by atoms with Crippen molar-refractivity contribution in [2.24, 2.45) is 0 Å². The van der Waals surface area contributed by atoms with E-state index in [0.29, 0.717) is 11.2 Å². The molecule has 1 aliphatic rings. The van der Waals surface area contributed by atoms with Gasteiger partial charge in [0.15, 0.2) is 5.65 Å². The van der Waals surface area contributed by atoms with Crippen molar-refractivity contribution in [1.29, 1.82) is 0 Å². The third-order valence-electron chi connectivity index (χ3n) is 5.31. The van der Waals surface area contributed by atoms with E-state index in [4.69, 9.17) is 10.1 Å². The van der Waals surface area contributed by atoms with E-state index in [2.05, 4.69) is 67.8 Å². The quantitative estimate of drug-likeness (QED) is 0.624. The number of nitrogens with zero attached hydrogens (tertiary/aromatic N) is 3. The van der Waals surface area contributed by atoms with Gasteiger partial charge in [0.25, 0.3) is 0 Å². The van der Waals surface area contributed by atoms with Crippen LogP contribution in [0.2, 0.25) is 0 Å². The van der Waals surface area contributed by atoms with Crippen LogP contribution >= 0.6 is 11.8 Å². The largest absolute Gasteiger partial charge is 0.375 e. The molecular weight excluding hydrogens is 366 g/mol. The van der Waals surface area contributed by atoms with Gasteiger partial charge in [0, 0.05) is 11.3 Å². The van der Waals surface area contributed by atoms with E-state index in [1.807, 2.05) is 22.5 Å². The molecule has 28 heavy (non-hydrogen) atoms. The van der Waals surface area contributed by atoms with Crippen LogP contribution in [0.15, 0.2) is 47.6 Å². The van der Waals surface area contributed by atoms with Crippen molar-refractivity contribution in [1.82, 2.24) is 19.9 Å². The maximum atomic E-state index is 4.95. The van der Waals surface area contributed by atoms with Crippen molar-refractivity contribution in [3.63, 3.8) is 0 Å². The molecule has 0 bridgehead atoms. The Kier molecular flexibility index (Phi) is 5.87. The highest BCUT2D eigenvalue weighted by molar-refractivity contribution is 7.99. The van der Waals surface area contributed by atoms with Crippen LogP contribution in [0, 0.1) is 0 Å². The van der Waals surface area contributed by atoms with Crippen molar-refractivity contribution < 1.29 is 0 Å². The first-order valence-corrected chi connectivity index (χ1v) is 11.1. The van der Waals surface area contributed by atoms with Crippen LogP contribution < -0.4 is 10.6 Å². The second kappa shape index (κ2) is 8.53. The Morgan fingerprint density at radius 2 is 1.89 bits per heavy atom. The van der Waals surface area contributed by atoms with Gasteiger partial charge >= 0.3 is 0 Å². The summed E-state index contributed by atoms with van der Waals surface area (Å²) in [5, 5.41) is 13.8. The summed E-state index contributed by atoms with van der Waals surface area (Å²) in [6.45, 7) is 8.77. The molecule has 1 fully saturated rings. The molecule has 1 saturated heterocycles. The van der Waals surface area contributed by atoms with Gasteiger partial charge in [-0.25, -0.2) is 9.50 Å². The van der Waals surface area contributed by atoms with E-state index in [1.165, 1.54) is 18.4 Å². The molecule has 0 radical (unpaired) electrons. The molecular formula is C22H29N5S. The van der Waals surface area contributed by atoms with Gasteiger partial charge in [-0.3, -0.25) is 0 Å². The number of thioether (sulfide) groups is 1. The Bertz CT molecular complexity index is 915. The van der Waals surface area contributed by atoms with Gasteiger partial charge in [0.1, 0.15) is 5.03 Å². The normalized spacial score (nSPS) is 16.6. The van der Waals surface area contributed by atoms with Crippen molar-refractivity contribution >= 4 is 23.1 Å². The zero-order chi connectivity index (χ0) is 19.5. The summed E-state index contributed by atoms with van der Waals surface area (Å²) in [6.07, 6.45) is 4.34. The fourth-order valence-electron chi connectivity index (χ4n) is 3.66. The van der Waals surface area contributed by atoms with Gasteiger partial charge in [-0.15, -0.1) is 11.8 Å². The Morgan fingerprint density at radius 3 is 2.61 bits per heavy atom. The highest BCUT2D eigenvalue weighted by atomic mass is 32.2. The summed E-state index contributed by atoms with van der Waals surface area (Å²) in [4.78, 5) is 4.69. The maximum Gasteiger partial charge on any atom is 0.177 e. The standard InChI is InChI=1S/C22H29N5S/c1-15(2)20-14-24-22-19(25-16(3)17-7-5-4-6-8-17)13-21(26-27(20)22)28-18-9-11-23-12-10-18/h4-8,13-16,18,23,25H,9-12H2,1-3H3/t16-/m0/s1. The number of rotatable bonds is 6. The van der Waals surface area contributed by atoms with Crippen LogP contribution in [0.1, 0.15) is 56.8 Å². The number of imidazole rings is 1. The van der Waals surface area contributed by atoms with Gasteiger partial charge in [0.2, 0.25) is 0 Å². The summed E-state index contributed by atoms with van der Waals surface area (Å²) in [7, 11) is 0. The van der Waals surface area contributed by atoms with Crippen LogP contribution in [0.4, 0.5) is 5.69 Å². The highest BCUT2D eigenvalue weighted by Crippen LogP contribution is 2.32. The van der Waals surface area contributed by atoms with Gasteiger partial charge < -0.3 is 10.6 Å². The van der Waals surface area contributed by atoms with Gasteiger partial charge in [-0.05, 0) is 50.4 Å². The molecule has 0 spiro atoms. The minimum atomic E-state index is 0.198. The van der Waals surface area contributed by atoms with Crippen LogP contribution in [-0.4, -0.2) is 32.9 Å². The van der Waals surface area contributed by atoms with Crippen LogP contribution in [-0.2, 0) is 0 Å². The average molecular weight is 396 g/mol. The smallest absolute Gasteiger partial charge is 0.177 e. The topological polar surface area (TPSA) is 54.2 Å². The lowest BCUT2D eigenvalue weighted by Crippen LogP contribution is -2.29. The first kappa shape index (κ1) is 19.3. The second-order valence-corrected chi connectivity index (χ2v) is 9.13. The van der Waals surface area contributed by atoms with Crippen molar-refractivity contribution in [3.05, 3.63) is 53.9 Å². The first-order valence-electron chi connectivity index (χ1n) is 10.2. The molecule has 0 saturated carbocycles. The SMILES string of the molecule is CC(C)c1cnc2c(N[C@@H](C)c3ccccc3)cc(SC3CCNCC3)nn12. The predicted molar refractivity (Wildman–Crippen MR) is 117 cm³/mol. The Hall–Kier alpha value is -2.05. The molecule has 2 N–H and O–H groups in total. The van der Waals surface area contributed by atoms with Crippen LogP contribution in [0.25, 0.3) is 5.65 Å². The number of nitrogens with one attached hydrogen (secondary N) is 2. The molecule has 5 nitrogen and oxygen atoms in total. The number of anilines is 1. The van der Waals surface area contributed by atoms with Gasteiger partial charge in [-0.1, -0.05) is 44.2 Å². The number of aromatic nitrogens is 3. The van der Waals surface area contributed by atoms with E-state index in [9.17, 15) is 0 Å². The predicted octanol–water partition coefficient (Wildman–Crippen LogP) is 4.87. The minimum absolute atomic E-state index is 0.198. The number of hydrogen-bond donors (Lipinski definition) is 2. The van der Waals surface area contributed by atoms with Gasteiger partial charge in [0.05, 0.1) is 17.6 Å². The Labute approximate surface area is 171 Å². The maximum absolute atomic E-state index is 4.95. The average Bonchev–Trinajstić information content (AvgIpc) is 3.14. The lowest BCUT2D eigenvalue weighted by molar-refractivity contribution is 0.531. The molecule has 6 heteroatoms. The summed E-state index contributed by atoms with van der Waals surface area (Å²) >= 11 is 1.90. The molecule has 2 aromatic heterocycles. The molecule has 4 rings (SSSR count). The van der Waals surface area contributed by atoms with E-state index in [0.717, 1.165) is 35.1 Å². The number of hydrogen-bond acceptors (Lipinski definition) is 5. The highest BCUT2D eigenvalue weighted by Gasteiger charge is 2.19. The summed E-state index contributed by atoms with van der Waals surface area (Å²) < 4.78 is 2.04. The number of benzene rings is 1. The molecule has 0 aliphatic carbocycles. The molecule has 1 aromatic carbocycles. The fourth-order valence-corrected chi connectivity index (χ4v) is 4.79. The minimum Gasteiger partial charge on any atom is -0.375 e. The summed E-state index contributed by atoms with van der Waals surface area (Å²) in [5.74, 6) is 0.376. The first-order chi connectivity index (χ1) is 13.6. The van der Waals surface area contributed by atoms with Crippen molar-refractivity contribution in [3.8, 4) is 0 Å². The number of piperidine rings is 1. The van der Waals surface area contributed by atoms with Crippen LogP contribution in [0.3, 0.4) is 0 Å². The third kappa shape index (κ3) is 4.18. The lowest BCUT2D eigenvalue weighted by atomic mass is 10.1. The Morgan fingerprint density at radius 1 is 1.14 bits per heavy atom. The van der Waals surface area contributed by atoms with Crippen molar-refractivity contribution in [2.45, 2.75) is 55.8 Å². The number of fused-ring (bicyclic) bond motifs is 1. The van der Waals surface area contributed by atoms with E-state index < -0.39 is 0 Å². The molecule has 0 amide bonds. The summed E-state index contributed by atoms with van der Waals surface area (Å²) in [6, 6.07) is 12.9. The molecule has 3 heterocycles. The molecule has 1 atom stereocenters. The van der Waals surface area contributed by atoms with E-state index >= 15 is 0 Å². The lowest BCUT2D eigenvalue weighted by Gasteiger charge is -2.22. The monoisotopic (exact) mass is 395 g/mol. The second-order valence-electron chi connectivity index (χ2n) is 7.81. The fraction of sp³-hybridized carbons (Fsp3) is 0.455. The molecule has 1 aliphatic heterocycles. The molecule has 148 valence electrons. The van der Waals surface area contributed by atoms with Crippen LogP contribution in [0.5, 0.6) is 0 Å². The Balaban J connectivity index is 1.68. The zero-order valence-electron chi connectivity index (χ0n) is 16.9. The zero-order valence-corrected chi connectivity index (χ0v) is 17.7. The molecule has 0 unspecified atom stereocenters. The third-order valence-corrected chi connectivity index (χ3v) is 6.55. The van der Waals surface area contributed by atoms with Gasteiger partial charge in [-0.2, -0.15) is 5.10 Å². The van der Waals surface area contributed by atoms with E-state index in [-0.39, 0.29) is 6.04 Å². The van der Waals surface area contributed by atoms with E-state index in [1.54, 1.807) is 0 Å². The van der Waals surface area contributed by atoms with Crippen molar-refractivity contribution in [2.75, 3.05) is 18.4 Å².